The second-order valence-corrected chi connectivity index (χ2v) is 8.72. The maximum atomic E-state index is 13.8. The number of rotatable bonds is 6. The molecular formula is C28H28N6O. The lowest BCUT2D eigenvalue weighted by Crippen LogP contribution is -2.49. The zero-order chi connectivity index (χ0) is 24.0. The zero-order valence-electron chi connectivity index (χ0n) is 19.7. The first-order valence-corrected chi connectivity index (χ1v) is 11.9. The van der Waals surface area contributed by atoms with Gasteiger partial charge < -0.3 is 5.32 Å². The van der Waals surface area contributed by atoms with Gasteiger partial charge in [-0.1, -0.05) is 59.8 Å². The Hall–Kier alpha value is -4.10. The Morgan fingerprint density at radius 3 is 2.57 bits per heavy atom. The van der Waals surface area contributed by atoms with Gasteiger partial charge in [0.15, 0.2) is 0 Å². The van der Waals surface area contributed by atoms with Crippen LogP contribution in [0.1, 0.15) is 34.3 Å². The Kier molecular flexibility index (Phi) is 6.77. The Morgan fingerprint density at radius 2 is 1.86 bits per heavy atom. The van der Waals surface area contributed by atoms with Gasteiger partial charge >= 0.3 is 0 Å². The second-order valence-electron chi connectivity index (χ2n) is 8.72. The van der Waals surface area contributed by atoms with Crippen LogP contribution in [0.4, 0.5) is 5.82 Å². The molecule has 0 unspecified atom stereocenters. The highest BCUT2D eigenvalue weighted by atomic mass is 16.2. The van der Waals surface area contributed by atoms with Crippen LogP contribution in [0.3, 0.4) is 0 Å². The number of nitrogens with one attached hydrogen (secondary N) is 1. The van der Waals surface area contributed by atoms with E-state index in [2.05, 4.69) is 44.9 Å². The lowest BCUT2D eigenvalue weighted by atomic mass is 10.0. The van der Waals surface area contributed by atoms with Crippen molar-refractivity contribution in [2.24, 2.45) is 7.05 Å². The van der Waals surface area contributed by atoms with Crippen molar-refractivity contribution < 1.29 is 4.79 Å². The van der Waals surface area contributed by atoms with E-state index in [1.165, 1.54) is 0 Å². The number of pyridine rings is 1. The molecule has 7 heteroatoms. The first-order valence-electron chi connectivity index (χ1n) is 11.9. The van der Waals surface area contributed by atoms with Crippen molar-refractivity contribution in [3.63, 3.8) is 0 Å². The third-order valence-electron chi connectivity index (χ3n) is 6.17. The van der Waals surface area contributed by atoms with Crippen LogP contribution >= 0.6 is 0 Å². The molecule has 7 nitrogen and oxygen atoms in total. The summed E-state index contributed by atoms with van der Waals surface area (Å²) in [7, 11) is 1.83. The van der Waals surface area contributed by atoms with Gasteiger partial charge in [-0.3, -0.25) is 14.4 Å². The fourth-order valence-electron chi connectivity index (χ4n) is 4.34. The van der Waals surface area contributed by atoms with Crippen molar-refractivity contribution in [3.8, 4) is 11.3 Å². The van der Waals surface area contributed by atoms with Crippen LogP contribution in [0.2, 0.25) is 0 Å². The van der Waals surface area contributed by atoms with Crippen molar-refractivity contribution in [1.29, 1.82) is 0 Å². The first-order chi connectivity index (χ1) is 17.2. The van der Waals surface area contributed by atoms with E-state index in [0.29, 0.717) is 11.4 Å². The number of amides is 1. The van der Waals surface area contributed by atoms with E-state index in [1.807, 2.05) is 72.7 Å². The number of aryl methyl sites for hydroxylation is 1. The van der Waals surface area contributed by atoms with Crippen molar-refractivity contribution in [2.75, 3.05) is 18.0 Å². The summed E-state index contributed by atoms with van der Waals surface area (Å²) >= 11 is 0. The molecule has 176 valence electrons. The normalized spacial score (nSPS) is 15.9. The Balaban J connectivity index is 1.44. The third kappa shape index (κ3) is 5.36. The molecule has 4 aromatic rings. The van der Waals surface area contributed by atoms with Crippen molar-refractivity contribution in [1.82, 2.24) is 25.3 Å². The van der Waals surface area contributed by atoms with Crippen LogP contribution in [0.25, 0.3) is 23.4 Å². The first kappa shape index (κ1) is 22.7. The summed E-state index contributed by atoms with van der Waals surface area (Å²) in [6, 6.07) is 21.7. The highest BCUT2D eigenvalue weighted by Crippen LogP contribution is 2.25. The van der Waals surface area contributed by atoms with Crippen molar-refractivity contribution in [2.45, 2.75) is 18.9 Å². The summed E-state index contributed by atoms with van der Waals surface area (Å²) in [5, 5.41) is 11.6. The van der Waals surface area contributed by atoms with Gasteiger partial charge in [-0.25, -0.2) is 4.98 Å². The molecule has 1 fully saturated rings. The van der Waals surface area contributed by atoms with E-state index >= 15 is 0 Å². The smallest absolute Gasteiger partial charge is 0.259 e. The topological polar surface area (TPSA) is 75.9 Å². The Bertz CT molecular complexity index is 1310. The van der Waals surface area contributed by atoms with Crippen LogP contribution in [-0.2, 0) is 7.05 Å². The molecule has 0 spiro atoms. The minimum atomic E-state index is -0.0546. The molecule has 5 rings (SSSR count). The maximum absolute atomic E-state index is 13.8. The largest absolute Gasteiger partial charge is 0.315 e. The fourth-order valence-corrected chi connectivity index (χ4v) is 4.34. The van der Waals surface area contributed by atoms with Crippen molar-refractivity contribution >= 4 is 23.9 Å². The van der Waals surface area contributed by atoms with Gasteiger partial charge in [0.1, 0.15) is 11.5 Å². The van der Waals surface area contributed by atoms with Crippen LogP contribution < -0.4 is 10.2 Å². The van der Waals surface area contributed by atoms with E-state index in [9.17, 15) is 4.79 Å². The van der Waals surface area contributed by atoms with E-state index in [0.717, 1.165) is 48.3 Å². The molecule has 0 aliphatic carbocycles. The molecule has 3 heterocycles. The molecule has 1 N–H and O–H groups in total. The van der Waals surface area contributed by atoms with E-state index in [1.54, 1.807) is 10.9 Å². The summed E-state index contributed by atoms with van der Waals surface area (Å²) < 4.78 is 1.66. The molecule has 1 amide bonds. The summed E-state index contributed by atoms with van der Waals surface area (Å²) in [6.45, 7) is 1.72. The molecule has 2 aromatic carbocycles. The molecular weight excluding hydrogens is 436 g/mol. The number of benzene rings is 2. The number of carbonyl (C=O) groups excluding carboxylic acids is 1. The highest BCUT2D eigenvalue weighted by Gasteiger charge is 2.28. The van der Waals surface area contributed by atoms with Gasteiger partial charge in [0.25, 0.3) is 5.91 Å². The van der Waals surface area contributed by atoms with Gasteiger partial charge in [0, 0.05) is 30.9 Å². The zero-order valence-corrected chi connectivity index (χ0v) is 19.7. The van der Waals surface area contributed by atoms with Gasteiger partial charge in [0.2, 0.25) is 0 Å². The predicted molar refractivity (Wildman–Crippen MR) is 139 cm³/mol. The summed E-state index contributed by atoms with van der Waals surface area (Å²) in [5.41, 5.74) is 4.44. The number of anilines is 1. The van der Waals surface area contributed by atoms with Crippen molar-refractivity contribution in [3.05, 3.63) is 95.8 Å². The predicted octanol–water partition coefficient (Wildman–Crippen LogP) is 4.45. The quantitative estimate of drug-likeness (QED) is 0.456. The molecule has 35 heavy (non-hydrogen) atoms. The highest BCUT2D eigenvalue weighted by molar-refractivity contribution is 6.06. The van der Waals surface area contributed by atoms with Crippen LogP contribution in [0.15, 0.2) is 79.1 Å². The molecule has 1 saturated heterocycles. The van der Waals surface area contributed by atoms with Crippen LogP contribution in [0.5, 0.6) is 0 Å². The van der Waals surface area contributed by atoms with Gasteiger partial charge in [-0.2, -0.15) is 0 Å². The number of hydrogen-bond acceptors (Lipinski definition) is 5. The summed E-state index contributed by atoms with van der Waals surface area (Å²) in [6.07, 6.45) is 9.70. The van der Waals surface area contributed by atoms with Crippen LogP contribution in [-0.4, -0.2) is 45.0 Å². The molecule has 1 atom stereocenters. The summed E-state index contributed by atoms with van der Waals surface area (Å²) in [4.78, 5) is 20.3. The number of nitrogens with zero attached hydrogens (tertiary/aromatic N) is 5. The number of hydrogen-bond donors (Lipinski definition) is 1. The second kappa shape index (κ2) is 10.4. The van der Waals surface area contributed by atoms with E-state index in [4.69, 9.17) is 0 Å². The average molecular weight is 465 g/mol. The van der Waals surface area contributed by atoms with Crippen LogP contribution in [0, 0.1) is 0 Å². The lowest BCUT2D eigenvalue weighted by Gasteiger charge is -2.34. The monoisotopic (exact) mass is 464 g/mol. The molecule has 0 bridgehead atoms. The molecule has 1 aliphatic heterocycles. The number of carbonyl (C=O) groups is 1. The number of piperidine rings is 1. The fraction of sp³-hybridized carbons (Fsp3) is 0.214. The third-order valence-corrected chi connectivity index (χ3v) is 6.17. The standard InChI is InChI=1S/C28H28N6O/c1-33-20-26(31-32-33)23-11-13-24(14-12-23)28(35)34(25-8-5-16-29-19-25)27-18-22(15-17-30-27)10-9-21-6-3-2-4-7-21/h2-4,6-7,9-15,17-18,20,25,29H,5,8,16,19H2,1H3/t25-/m1/s1. The van der Waals surface area contributed by atoms with Gasteiger partial charge in [-0.15, -0.1) is 5.10 Å². The molecule has 1 aliphatic rings. The molecule has 0 saturated carbocycles. The van der Waals surface area contributed by atoms with E-state index in [-0.39, 0.29) is 11.9 Å². The average Bonchev–Trinajstić information content (AvgIpc) is 3.35. The van der Waals surface area contributed by atoms with E-state index < -0.39 is 0 Å². The summed E-state index contributed by atoms with van der Waals surface area (Å²) in [5.74, 6) is 0.609. The lowest BCUT2D eigenvalue weighted by molar-refractivity contribution is 0.0971. The minimum absolute atomic E-state index is 0.0387. The Labute approximate surface area is 205 Å². The SMILES string of the molecule is Cn1cc(-c2ccc(C(=O)N(c3cc(C=Cc4ccccc4)ccn3)[C@@H]3CCCNC3)cc2)nn1. The Morgan fingerprint density at radius 1 is 1.06 bits per heavy atom. The van der Waals surface area contributed by atoms with Gasteiger partial charge in [0.05, 0.1) is 12.2 Å². The minimum Gasteiger partial charge on any atom is -0.315 e. The molecule has 2 aromatic heterocycles. The molecule has 0 radical (unpaired) electrons. The van der Waals surface area contributed by atoms with Gasteiger partial charge in [-0.05, 0) is 54.8 Å². The maximum Gasteiger partial charge on any atom is 0.259 e. The number of aromatic nitrogens is 4.